The minimum atomic E-state index is -0.448. The molecule has 1 atom stereocenters. The molecule has 70 valence electrons. The largest absolute Gasteiger partial charge is 0.396 e. The Balaban J connectivity index is 3.57. The summed E-state index contributed by atoms with van der Waals surface area (Å²) < 4.78 is 0. The second-order valence-corrected chi connectivity index (χ2v) is 3.79. The fraction of sp³-hybridized carbons (Fsp3) is 0.750. The smallest absolute Gasteiger partial charge is 0.226 e. The first-order chi connectivity index (χ1) is 5.59. The van der Waals surface area contributed by atoms with E-state index in [1.54, 1.807) is 14.1 Å². The monoisotopic (exact) mass is 189 g/mol. The van der Waals surface area contributed by atoms with E-state index < -0.39 is 5.92 Å². The molecule has 0 rings (SSSR count). The number of aliphatic hydroxyl groups excluding tert-OH is 1. The molecular formula is C8H15NO2S. The van der Waals surface area contributed by atoms with Crippen LogP contribution in [-0.4, -0.2) is 48.1 Å². The number of carbonyl (C=O) groups excluding carboxylic acids is 1. The predicted octanol–water partition coefficient (Wildman–Crippen LogP) is 0.127. The van der Waals surface area contributed by atoms with Crippen LogP contribution >= 0.6 is 11.8 Å². The molecular weight excluding hydrogens is 174 g/mol. The van der Waals surface area contributed by atoms with Crippen LogP contribution in [0, 0.1) is 12.8 Å². The van der Waals surface area contributed by atoms with Gasteiger partial charge in [-0.25, -0.2) is 0 Å². The normalized spacial score (nSPS) is 12.7. The maximum Gasteiger partial charge on any atom is 0.226 e. The Bertz CT molecular complexity index is 139. The van der Waals surface area contributed by atoms with E-state index in [1.165, 1.54) is 16.7 Å². The van der Waals surface area contributed by atoms with Gasteiger partial charge in [0.25, 0.3) is 0 Å². The Labute approximate surface area is 78.1 Å². The van der Waals surface area contributed by atoms with Gasteiger partial charge in [0, 0.05) is 25.6 Å². The Morgan fingerprint density at radius 1 is 1.67 bits per heavy atom. The number of carbonyl (C=O) groups is 1. The summed E-state index contributed by atoms with van der Waals surface area (Å²) in [5, 5.41) is 8.47. The van der Waals surface area contributed by atoms with Crippen LogP contribution in [0.2, 0.25) is 0 Å². The Hall–Kier alpha value is -0.220. The van der Waals surface area contributed by atoms with Crippen molar-refractivity contribution >= 4 is 17.7 Å². The summed E-state index contributed by atoms with van der Waals surface area (Å²) in [4.78, 5) is 12.6. The first-order valence-corrected chi connectivity index (χ1v) is 4.90. The van der Waals surface area contributed by atoms with E-state index in [4.69, 9.17) is 12.0 Å². The van der Waals surface area contributed by atoms with Crippen molar-refractivity contribution in [3.05, 3.63) is 6.92 Å². The highest BCUT2D eigenvalue weighted by Gasteiger charge is 2.14. The van der Waals surface area contributed by atoms with Crippen LogP contribution in [0.4, 0.5) is 0 Å². The summed E-state index contributed by atoms with van der Waals surface area (Å²) in [7, 11) is 3.36. The van der Waals surface area contributed by atoms with Gasteiger partial charge in [-0.1, -0.05) is 0 Å². The second-order valence-electron chi connectivity index (χ2n) is 2.64. The van der Waals surface area contributed by atoms with E-state index in [2.05, 4.69) is 0 Å². The number of aliphatic hydroxyl groups is 1. The Kier molecular flexibility index (Phi) is 6.20. The summed E-state index contributed by atoms with van der Waals surface area (Å²) in [6.07, 6.45) is 0. The molecule has 12 heavy (non-hydrogen) atoms. The lowest BCUT2D eigenvalue weighted by Crippen LogP contribution is -2.29. The van der Waals surface area contributed by atoms with Gasteiger partial charge < -0.3 is 10.0 Å². The number of hydrogen-bond acceptors (Lipinski definition) is 3. The van der Waals surface area contributed by atoms with Crippen LogP contribution in [0.25, 0.3) is 0 Å². The van der Waals surface area contributed by atoms with Gasteiger partial charge in [0.05, 0.1) is 12.5 Å². The van der Waals surface area contributed by atoms with E-state index in [0.29, 0.717) is 11.5 Å². The zero-order valence-corrected chi connectivity index (χ0v) is 8.30. The van der Waals surface area contributed by atoms with Crippen molar-refractivity contribution in [2.45, 2.75) is 0 Å². The number of nitrogens with zero attached hydrogens (tertiary/aromatic N) is 1. The van der Waals surface area contributed by atoms with Gasteiger partial charge in [-0.05, 0) is 6.92 Å². The van der Waals surface area contributed by atoms with Crippen molar-refractivity contribution in [2.24, 2.45) is 5.92 Å². The SMILES string of the molecule is [CH]C(CSCCO)C(=O)N(C)C. The Morgan fingerprint density at radius 2 is 2.25 bits per heavy atom. The van der Waals surface area contributed by atoms with Crippen LogP contribution in [0.3, 0.4) is 0 Å². The minimum absolute atomic E-state index is 0.0690. The van der Waals surface area contributed by atoms with Gasteiger partial charge in [-0.2, -0.15) is 11.8 Å². The summed E-state index contributed by atoms with van der Waals surface area (Å²) in [5.41, 5.74) is 0. The molecule has 2 radical (unpaired) electrons. The lowest BCUT2D eigenvalue weighted by Gasteiger charge is -2.15. The predicted molar refractivity (Wildman–Crippen MR) is 50.9 cm³/mol. The molecule has 0 aromatic rings. The van der Waals surface area contributed by atoms with Crippen molar-refractivity contribution in [1.82, 2.24) is 4.90 Å². The molecule has 0 aromatic heterocycles. The average molecular weight is 189 g/mol. The van der Waals surface area contributed by atoms with Crippen molar-refractivity contribution in [2.75, 3.05) is 32.2 Å². The number of thioether (sulfide) groups is 1. The van der Waals surface area contributed by atoms with E-state index >= 15 is 0 Å². The molecule has 0 saturated carbocycles. The maximum atomic E-state index is 11.2. The zero-order valence-electron chi connectivity index (χ0n) is 7.49. The first kappa shape index (κ1) is 11.8. The zero-order chi connectivity index (χ0) is 9.56. The van der Waals surface area contributed by atoms with E-state index in [1.807, 2.05) is 0 Å². The molecule has 3 nitrogen and oxygen atoms in total. The van der Waals surface area contributed by atoms with Gasteiger partial charge in [0.15, 0.2) is 0 Å². The molecule has 0 spiro atoms. The molecule has 0 aliphatic rings. The third-order valence-corrected chi connectivity index (χ3v) is 2.36. The molecule has 0 aliphatic heterocycles. The summed E-state index contributed by atoms with van der Waals surface area (Å²) in [5.74, 6) is 0.684. The highest BCUT2D eigenvalue weighted by molar-refractivity contribution is 7.99. The minimum Gasteiger partial charge on any atom is -0.396 e. The van der Waals surface area contributed by atoms with Gasteiger partial charge >= 0.3 is 0 Å². The van der Waals surface area contributed by atoms with Crippen molar-refractivity contribution in [1.29, 1.82) is 0 Å². The van der Waals surface area contributed by atoms with E-state index in [-0.39, 0.29) is 12.5 Å². The van der Waals surface area contributed by atoms with Gasteiger partial charge in [0.2, 0.25) is 5.91 Å². The van der Waals surface area contributed by atoms with Gasteiger partial charge in [-0.15, -0.1) is 0 Å². The highest BCUT2D eigenvalue weighted by Crippen LogP contribution is 2.08. The fourth-order valence-electron chi connectivity index (χ4n) is 0.678. The highest BCUT2D eigenvalue weighted by atomic mass is 32.2. The summed E-state index contributed by atoms with van der Waals surface area (Å²) in [6.45, 7) is 5.70. The van der Waals surface area contributed by atoms with Crippen LogP contribution < -0.4 is 0 Å². The molecule has 0 aromatic carbocycles. The van der Waals surface area contributed by atoms with E-state index in [9.17, 15) is 4.79 Å². The van der Waals surface area contributed by atoms with Crippen molar-refractivity contribution in [3.8, 4) is 0 Å². The lowest BCUT2D eigenvalue weighted by atomic mass is 10.2. The number of rotatable bonds is 5. The topological polar surface area (TPSA) is 40.5 Å². The van der Waals surface area contributed by atoms with Crippen LogP contribution in [0.15, 0.2) is 0 Å². The molecule has 0 saturated heterocycles. The quantitative estimate of drug-likeness (QED) is 0.625. The summed E-state index contributed by atoms with van der Waals surface area (Å²) >= 11 is 1.48. The average Bonchev–Trinajstić information content (AvgIpc) is 2.03. The number of hydrogen-bond donors (Lipinski definition) is 1. The standard InChI is InChI=1S/C8H15NO2S/c1-7(6-12-5-4-10)8(11)9(2)3/h1,7,10H,4-6H2,2-3H3. The molecule has 0 bridgehead atoms. The van der Waals surface area contributed by atoms with E-state index in [0.717, 1.165) is 0 Å². The van der Waals surface area contributed by atoms with Crippen LogP contribution in [0.5, 0.6) is 0 Å². The lowest BCUT2D eigenvalue weighted by molar-refractivity contribution is -0.130. The van der Waals surface area contributed by atoms with Crippen LogP contribution in [0.1, 0.15) is 0 Å². The van der Waals surface area contributed by atoms with Crippen molar-refractivity contribution in [3.63, 3.8) is 0 Å². The van der Waals surface area contributed by atoms with Crippen LogP contribution in [-0.2, 0) is 4.79 Å². The van der Waals surface area contributed by atoms with Crippen molar-refractivity contribution < 1.29 is 9.90 Å². The molecule has 0 heterocycles. The summed E-state index contributed by atoms with van der Waals surface area (Å²) in [6, 6.07) is 0. The molecule has 1 amide bonds. The van der Waals surface area contributed by atoms with Gasteiger partial charge in [0.1, 0.15) is 0 Å². The second kappa shape index (κ2) is 6.31. The van der Waals surface area contributed by atoms with Gasteiger partial charge in [-0.3, -0.25) is 4.79 Å². The molecule has 0 aliphatic carbocycles. The molecule has 0 fully saturated rings. The Morgan fingerprint density at radius 3 is 2.67 bits per heavy atom. The third kappa shape index (κ3) is 4.62. The molecule has 1 N–H and O–H groups in total. The first-order valence-electron chi connectivity index (χ1n) is 3.75. The maximum absolute atomic E-state index is 11.2. The third-order valence-electron chi connectivity index (χ3n) is 1.29. The fourth-order valence-corrected chi connectivity index (χ4v) is 1.37. The molecule has 4 heteroatoms. The number of amides is 1. The molecule has 1 unspecified atom stereocenters.